The van der Waals surface area contributed by atoms with Crippen molar-refractivity contribution in [2.45, 2.75) is 19.9 Å². The summed E-state index contributed by atoms with van der Waals surface area (Å²) in [5.74, 6) is 1.79. The lowest BCUT2D eigenvalue weighted by Gasteiger charge is -2.10. The maximum Gasteiger partial charge on any atom is 0.121 e. The number of hydrogen-bond acceptors (Lipinski definition) is 3. The van der Waals surface area contributed by atoms with Gasteiger partial charge in [0.2, 0.25) is 0 Å². The van der Waals surface area contributed by atoms with Gasteiger partial charge in [-0.15, -0.1) is 0 Å². The van der Waals surface area contributed by atoms with E-state index in [4.69, 9.17) is 9.47 Å². The zero-order valence-electron chi connectivity index (χ0n) is 15.2. The maximum absolute atomic E-state index is 5.83. The number of nitrogens with one attached hydrogen (secondary N) is 1. The lowest BCUT2D eigenvalue weighted by atomic mass is 10.2. The number of anilines is 1. The summed E-state index contributed by atoms with van der Waals surface area (Å²) in [4.78, 5) is 0. The fourth-order valence-electron chi connectivity index (χ4n) is 2.70. The fraction of sp³-hybridized carbons (Fsp3) is 0.217. The normalized spacial score (nSPS) is 10.3. The van der Waals surface area contributed by atoms with E-state index in [1.165, 1.54) is 11.1 Å². The van der Waals surface area contributed by atoms with Gasteiger partial charge in [0, 0.05) is 24.7 Å². The van der Waals surface area contributed by atoms with Crippen LogP contribution in [0.2, 0.25) is 0 Å². The van der Waals surface area contributed by atoms with Gasteiger partial charge in [-0.2, -0.15) is 0 Å². The molecule has 134 valence electrons. The van der Waals surface area contributed by atoms with Gasteiger partial charge in [0.05, 0.1) is 13.2 Å². The predicted octanol–water partition coefficient (Wildman–Crippen LogP) is 5.32. The molecule has 3 heteroatoms. The molecule has 0 spiro atoms. The Hall–Kier alpha value is -2.94. The smallest absolute Gasteiger partial charge is 0.121 e. The number of rotatable bonds is 9. The van der Waals surface area contributed by atoms with Gasteiger partial charge in [-0.3, -0.25) is 0 Å². The molecule has 3 rings (SSSR count). The second kappa shape index (κ2) is 9.52. The van der Waals surface area contributed by atoms with Crippen LogP contribution in [0.15, 0.2) is 78.9 Å². The Balaban J connectivity index is 1.46. The molecule has 0 amide bonds. The molecule has 0 bridgehead atoms. The van der Waals surface area contributed by atoms with Crippen LogP contribution in [0, 0.1) is 0 Å². The highest BCUT2D eigenvalue weighted by Crippen LogP contribution is 2.19. The minimum Gasteiger partial charge on any atom is -0.494 e. The van der Waals surface area contributed by atoms with Gasteiger partial charge >= 0.3 is 0 Å². The van der Waals surface area contributed by atoms with Crippen molar-refractivity contribution >= 4 is 5.69 Å². The van der Waals surface area contributed by atoms with Crippen LogP contribution in [0.25, 0.3) is 0 Å². The quantitative estimate of drug-likeness (QED) is 0.568. The molecule has 0 heterocycles. The van der Waals surface area contributed by atoms with Crippen LogP contribution in [0.3, 0.4) is 0 Å². The summed E-state index contributed by atoms with van der Waals surface area (Å²) >= 11 is 0. The summed E-state index contributed by atoms with van der Waals surface area (Å²) in [5, 5.41) is 3.42. The summed E-state index contributed by atoms with van der Waals surface area (Å²) < 4.78 is 11.4. The van der Waals surface area contributed by atoms with Crippen LogP contribution in [-0.2, 0) is 13.0 Å². The third kappa shape index (κ3) is 5.55. The number of ether oxygens (including phenoxy) is 2. The van der Waals surface area contributed by atoms with E-state index in [0.29, 0.717) is 13.2 Å². The van der Waals surface area contributed by atoms with Gasteiger partial charge in [-0.25, -0.2) is 0 Å². The molecule has 0 aliphatic carbocycles. The Morgan fingerprint density at radius 1 is 0.731 bits per heavy atom. The van der Waals surface area contributed by atoms with Crippen LogP contribution in [0.1, 0.15) is 18.1 Å². The van der Waals surface area contributed by atoms with Crippen LogP contribution < -0.4 is 14.8 Å². The first-order valence-corrected chi connectivity index (χ1v) is 9.06. The molecule has 3 nitrogen and oxygen atoms in total. The minimum atomic E-state index is 0.676. The Bertz CT molecular complexity index is 785. The largest absolute Gasteiger partial charge is 0.494 e. The summed E-state index contributed by atoms with van der Waals surface area (Å²) in [6.07, 6.45) is 0.917. The summed E-state index contributed by atoms with van der Waals surface area (Å²) in [5.41, 5.74) is 3.56. The first-order chi connectivity index (χ1) is 12.8. The Morgan fingerprint density at radius 2 is 1.54 bits per heavy atom. The first kappa shape index (κ1) is 17.9. The molecule has 3 aromatic carbocycles. The third-order valence-corrected chi connectivity index (χ3v) is 4.07. The Morgan fingerprint density at radius 3 is 2.31 bits per heavy atom. The Labute approximate surface area is 155 Å². The molecule has 26 heavy (non-hydrogen) atoms. The molecule has 0 aromatic heterocycles. The second-order valence-electron chi connectivity index (χ2n) is 6.04. The molecule has 0 aliphatic heterocycles. The van der Waals surface area contributed by atoms with Crippen LogP contribution in [-0.4, -0.2) is 13.2 Å². The SMILES string of the molecule is CCOc1cccc(NCc2ccc(OCCc3ccccc3)cc2)c1. The standard InChI is InChI=1S/C23H25NO2/c1-2-25-23-10-6-9-21(17-23)24-18-20-11-13-22(14-12-20)26-16-15-19-7-4-3-5-8-19/h3-14,17,24H,2,15-16,18H2,1H3. The predicted molar refractivity (Wildman–Crippen MR) is 107 cm³/mol. The van der Waals surface area contributed by atoms with Crippen molar-refractivity contribution in [3.63, 3.8) is 0 Å². The van der Waals surface area contributed by atoms with E-state index in [0.717, 1.165) is 30.2 Å². The van der Waals surface area contributed by atoms with Gasteiger partial charge in [0.1, 0.15) is 11.5 Å². The average Bonchev–Trinajstić information content (AvgIpc) is 2.69. The summed E-state index contributed by atoms with van der Waals surface area (Å²) in [7, 11) is 0. The molecule has 0 saturated carbocycles. The van der Waals surface area contributed by atoms with Crippen molar-refractivity contribution in [3.05, 3.63) is 90.0 Å². The lowest BCUT2D eigenvalue weighted by Crippen LogP contribution is -2.02. The van der Waals surface area contributed by atoms with E-state index >= 15 is 0 Å². The van der Waals surface area contributed by atoms with E-state index in [2.05, 4.69) is 41.7 Å². The summed E-state index contributed by atoms with van der Waals surface area (Å²) in [6, 6.07) is 26.7. The van der Waals surface area contributed by atoms with Crippen LogP contribution >= 0.6 is 0 Å². The fourth-order valence-corrected chi connectivity index (χ4v) is 2.70. The van der Waals surface area contributed by atoms with Crippen molar-refractivity contribution in [2.24, 2.45) is 0 Å². The van der Waals surface area contributed by atoms with Crippen molar-refractivity contribution in [2.75, 3.05) is 18.5 Å². The highest BCUT2D eigenvalue weighted by atomic mass is 16.5. The van der Waals surface area contributed by atoms with Gasteiger partial charge in [-0.1, -0.05) is 48.5 Å². The van der Waals surface area contributed by atoms with Gasteiger partial charge in [-0.05, 0) is 42.3 Å². The van der Waals surface area contributed by atoms with Gasteiger partial charge < -0.3 is 14.8 Å². The zero-order valence-corrected chi connectivity index (χ0v) is 15.2. The highest BCUT2D eigenvalue weighted by Gasteiger charge is 1.99. The van der Waals surface area contributed by atoms with E-state index in [1.807, 2.05) is 49.4 Å². The Kier molecular flexibility index (Phi) is 6.54. The summed E-state index contributed by atoms with van der Waals surface area (Å²) in [6.45, 7) is 4.12. The molecular weight excluding hydrogens is 322 g/mol. The monoisotopic (exact) mass is 347 g/mol. The van der Waals surface area contributed by atoms with Crippen molar-refractivity contribution in [3.8, 4) is 11.5 Å². The van der Waals surface area contributed by atoms with Gasteiger partial charge in [0.25, 0.3) is 0 Å². The minimum absolute atomic E-state index is 0.676. The van der Waals surface area contributed by atoms with E-state index in [1.54, 1.807) is 0 Å². The topological polar surface area (TPSA) is 30.5 Å². The maximum atomic E-state index is 5.83. The highest BCUT2D eigenvalue weighted by molar-refractivity contribution is 5.48. The molecule has 0 atom stereocenters. The lowest BCUT2D eigenvalue weighted by molar-refractivity contribution is 0.322. The van der Waals surface area contributed by atoms with Crippen molar-refractivity contribution in [1.29, 1.82) is 0 Å². The number of hydrogen-bond donors (Lipinski definition) is 1. The third-order valence-electron chi connectivity index (χ3n) is 4.07. The van der Waals surface area contributed by atoms with Crippen LogP contribution in [0.4, 0.5) is 5.69 Å². The van der Waals surface area contributed by atoms with E-state index < -0.39 is 0 Å². The zero-order chi connectivity index (χ0) is 18.0. The van der Waals surface area contributed by atoms with Crippen LogP contribution in [0.5, 0.6) is 11.5 Å². The van der Waals surface area contributed by atoms with E-state index in [-0.39, 0.29) is 0 Å². The molecule has 0 radical (unpaired) electrons. The number of benzene rings is 3. The average molecular weight is 347 g/mol. The van der Waals surface area contributed by atoms with E-state index in [9.17, 15) is 0 Å². The molecule has 3 aromatic rings. The molecular formula is C23H25NO2. The van der Waals surface area contributed by atoms with Gasteiger partial charge in [0.15, 0.2) is 0 Å². The molecule has 0 unspecified atom stereocenters. The first-order valence-electron chi connectivity index (χ1n) is 9.06. The van der Waals surface area contributed by atoms with Crippen molar-refractivity contribution in [1.82, 2.24) is 0 Å². The molecule has 0 aliphatic rings. The molecule has 0 saturated heterocycles. The van der Waals surface area contributed by atoms with Crippen molar-refractivity contribution < 1.29 is 9.47 Å². The molecule has 0 fully saturated rings. The second-order valence-corrected chi connectivity index (χ2v) is 6.04. The molecule has 1 N–H and O–H groups in total.